The van der Waals surface area contributed by atoms with Crippen molar-refractivity contribution < 1.29 is 17.6 Å². The first kappa shape index (κ1) is 21.9. The number of fused-ring (bicyclic) bond motifs is 2. The van der Waals surface area contributed by atoms with E-state index in [1.54, 1.807) is 24.4 Å². The van der Waals surface area contributed by atoms with E-state index in [4.69, 9.17) is 5.73 Å². The number of nitrogens with zero attached hydrogens (tertiary/aromatic N) is 8. The van der Waals surface area contributed by atoms with Crippen LogP contribution < -0.4 is 11.1 Å². The Hall–Kier alpha value is -3.55. The monoisotopic (exact) mass is 490 g/mol. The summed E-state index contributed by atoms with van der Waals surface area (Å²) in [5.74, 6) is -2.85. The Labute approximate surface area is 196 Å². The van der Waals surface area contributed by atoms with Crippen LogP contribution in [0.15, 0.2) is 24.4 Å². The van der Waals surface area contributed by atoms with E-state index in [9.17, 15) is 17.6 Å². The van der Waals surface area contributed by atoms with E-state index in [0.29, 0.717) is 28.8 Å². The number of pyridine rings is 1. The summed E-state index contributed by atoms with van der Waals surface area (Å²) >= 11 is 0. The van der Waals surface area contributed by atoms with Gasteiger partial charge in [-0.05, 0) is 37.5 Å². The van der Waals surface area contributed by atoms with Crippen LogP contribution in [0.25, 0.3) is 27.9 Å². The summed E-state index contributed by atoms with van der Waals surface area (Å²) in [5, 5.41) is 14.7. The summed E-state index contributed by atoms with van der Waals surface area (Å²) < 4.78 is 57.8. The molecule has 1 atom stereocenters. The first-order chi connectivity index (χ1) is 16.8. The van der Waals surface area contributed by atoms with Gasteiger partial charge in [-0.25, -0.2) is 31.7 Å². The molecule has 0 bridgehead atoms. The van der Waals surface area contributed by atoms with Gasteiger partial charge in [0.2, 0.25) is 5.95 Å². The molecule has 184 valence electrons. The van der Waals surface area contributed by atoms with E-state index < -0.39 is 24.9 Å². The van der Waals surface area contributed by atoms with Crippen molar-refractivity contribution in [3.8, 4) is 11.3 Å². The minimum Gasteiger partial charge on any atom is -0.382 e. The van der Waals surface area contributed by atoms with Crippen molar-refractivity contribution in [2.45, 2.75) is 50.2 Å². The Balaban J connectivity index is 1.29. The molecule has 3 N–H and O–H groups in total. The fraction of sp³-hybridized carbons (Fsp3) is 0.476. The minimum atomic E-state index is -2.93. The molecule has 2 aliphatic rings. The normalized spacial score (nSPS) is 20.8. The van der Waals surface area contributed by atoms with Crippen molar-refractivity contribution in [3.05, 3.63) is 24.4 Å². The number of nitrogens with two attached hydrogens (primary N) is 1. The Bertz CT molecular complexity index is 1400. The zero-order chi connectivity index (χ0) is 24.3. The van der Waals surface area contributed by atoms with Crippen LogP contribution in [0.5, 0.6) is 0 Å². The molecule has 5 heterocycles. The third-order valence-electron chi connectivity index (χ3n) is 6.48. The SMILES string of the molecule is Nc1nc(N[C@@H]2CCN(C3CC3)CC2(F)F)nn2ccc(-c3ccc4nnn(CC(F)F)c4n3)c12. The standard InChI is InChI=1S/C21H22F4N10/c22-16(23)9-35-19-14(30-32-35)4-3-13(27-19)12-5-8-34-17(12)18(26)29-20(31-34)28-15-6-7-33(11-1-2-11)10-21(15,24)25/h3-5,8,11,15-16H,1-2,6-7,9-10H2,(H3,26,28,29,31)/t15-/m1/s1. The lowest BCUT2D eigenvalue weighted by molar-refractivity contribution is -0.0761. The maximum absolute atomic E-state index is 14.8. The van der Waals surface area contributed by atoms with E-state index >= 15 is 0 Å². The molecule has 4 aromatic heterocycles. The molecule has 0 spiro atoms. The van der Waals surface area contributed by atoms with Crippen molar-refractivity contribution in [2.24, 2.45) is 0 Å². The van der Waals surface area contributed by atoms with Gasteiger partial charge >= 0.3 is 0 Å². The molecular formula is C21H22F4N10. The highest BCUT2D eigenvalue weighted by Gasteiger charge is 2.48. The topological polar surface area (TPSA) is 115 Å². The van der Waals surface area contributed by atoms with Gasteiger partial charge in [0.15, 0.2) is 11.5 Å². The summed E-state index contributed by atoms with van der Waals surface area (Å²) in [4.78, 5) is 10.5. The predicted molar refractivity (Wildman–Crippen MR) is 119 cm³/mol. The van der Waals surface area contributed by atoms with Crippen LogP contribution in [-0.2, 0) is 6.54 Å². The molecular weight excluding hydrogens is 468 g/mol. The van der Waals surface area contributed by atoms with Crippen molar-refractivity contribution in [3.63, 3.8) is 0 Å². The zero-order valence-corrected chi connectivity index (χ0v) is 18.5. The molecule has 1 aliphatic heterocycles. The van der Waals surface area contributed by atoms with Gasteiger partial charge in [0.05, 0.1) is 18.3 Å². The number of nitrogen functional groups attached to an aromatic ring is 1. The van der Waals surface area contributed by atoms with Crippen LogP contribution in [0.3, 0.4) is 0 Å². The number of anilines is 2. The molecule has 4 aromatic rings. The van der Waals surface area contributed by atoms with Crippen LogP contribution in [0.1, 0.15) is 19.3 Å². The van der Waals surface area contributed by atoms with Crippen LogP contribution in [0, 0.1) is 0 Å². The number of piperidine rings is 1. The average molecular weight is 490 g/mol. The molecule has 0 unspecified atom stereocenters. The molecule has 1 saturated heterocycles. The van der Waals surface area contributed by atoms with Crippen LogP contribution in [0.2, 0.25) is 0 Å². The highest BCUT2D eigenvalue weighted by atomic mass is 19.3. The van der Waals surface area contributed by atoms with Gasteiger partial charge in [-0.15, -0.1) is 10.2 Å². The Morgan fingerprint density at radius 3 is 2.71 bits per heavy atom. The Morgan fingerprint density at radius 2 is 1.97 bits per heavy atom. The largest absolute Gasteiger partial charge is 0.382 e. The average Bonchev–Trinajstić information content (AvgIpc) is 3.45. The van der Waals surface area contributed by atoms with Gasteiger partial charge in [-0.1, -0.05) is 5.21 Å². The lowest BCUT2D eigenvalue weighted by Gasteiger charge is -2.38. The molecule has 1 aliphatic carbocycles. The van der Waals surface area contributed by atoms with E-state index in [2.05, 4.69) is 30.7 Å². The lowest BCUT2D eigenvalue weighted by Crippen LogP contribution is -2.55. The van der Waals surface area contributed by atoms with E-state index in [0.717, 1.165) is 17.5 Å². The summed E-state index contributed by atoms with van der Waals surface area (Å²) in [6, 6.07) is 4.16. The lowest BCUT2D eigenvalue weighted by atomic mass is 10.0. The first-order valence-electron chi connectivity index (χ1n) is 11.3. The van der Waals surface area contributed by atoms with Crippen molar-refractivity contribution in [2.75, 3.05) is 24.1 Å². The van der Waals surface area contributed by atoms with Crippen molar-refractivity contribution in [1.82, 2.24) is 39.5 Å². The van der Waals surface area contributed by atoms with Gasteiger partial charge in [0, 0.05) is 24.3 Å². The molecule has 35 heavy (non-hydrogen) atoms. The molecule has 14 heteroatoms. The van der Waals surface area contributed by atoms with E-state index in [1.807, 2.05) is 4.90 Å². The number of rotatable bonds is 6. The second-order valence-electron chi connectivity index (χ2n) is 8.99. The minimum absolute atomic E-state index is 0.00400. The van der Waals surface area contributed by atoms with Crippen molar-refractivity contribution >= 4 is 28.4 Å². The van der Waals surface area contributed by atoms with Gasteiger partial charge < -0.3 is 11.1 Å². The number of likely N-dealkylation sites (tertiary alicyclic amines) is 1. The quantitative estimate of drug-likeness (QED) is 0.397. The number of nitrogens with one attached hydrogen (secondary N) is 1. The van der Waals surface area contributed by atoms with Gasteiger partial charge in [-0.2, -0.15) is 4.98 Å². The third-order valence-corrected chi connectivity index (χ3v) is 6.48. The predicted octanol–water partition coefficient (Wildman–Crippen LogP) is 2.67. The van der Waals surface area contributed by atoms with E-state index in [-0.39, 0.29) is 36.4 Å². The highest BCUT2D eigenvalue weighted by molar-refractivity contribution is 5.88. The smallest absolute Gasteiger partial charge is 0.280 e. The van der Waals surface area contributed by atoms with Gasteiger partial charge in [0.25, 0.3) is 12.3 Å². The van der Waals surface area contributed by atoms with Crippen LogP contribution >= 0.6 is 0 Å². The maximum atomic E-state index is 14.8. The fourth-order valence-electron chi connectivity index (χ4n) is 4.63. The molecule has 0 radical (unpaired) electrons. The summed E-state index contributed by atoms with van der Waals surface area (Å²) in [6.45, 7) is -0.325. The summed E-state index contributed by atoms with van der Waals surface area (Å²) in [6.07, 6.45) is 1.23. The Kier molecular flexibility index (Phi) is 5.02. The number of alkyl halides is 4. The molecule has 1 saturated carbocycles. The molecule has 10 nitrogen and oxygen atoms in total. The number of hydrogen-bond donors (Lipinski definition) is 2. The van der Waals surface area contributed by atoms with Crippen LogP contribution in [0.4, 0.5) is 29.3 Å². The van der Waals surface area contributed by atoms with Crippen LogP contribution in [-0.4, -0.2) is 77.0 Å². The molecule has 0 aromatic carbocycles. The number of hydrogen-bond acceptors (Lipinski definition) is 8. The second kappa shape index (κ2) is 8.00. The third kappa shape index (κ3) is 4.00. The summed E-state index contributed by atoms with van der Waals surface area (Å²) in [5.41, 5.74) is 8.21. The molecule has 6 rings (SSSR count). The fourth-order valence-corrected chi connectivity index (χ4v) is 4.63. The molecule has 0 amide bonds. The number of aromatic nitrogens is 7. The number of halogens is 4. The molecule has 2 fully saturated rings. The zero-order valence-electron chi connectivity index (χ0n) is 18.5. The van der Waals surface area contributed by atoms with Crippen molar-refractivity contribution in [1.29, 1.82) is 0 Å². The Morgan fingerprint density at radius 1 is 1.14 bits per heavy atom. The summed E-state index contributed by atoms with van der Waals surface area (Å²) in [7, 11) is 0. The second-order valence-corrected chi connectivity index (χ2v) is 8.99. The maximum Gasteiger partial charge on any atom is 0.280 e. The van der Waals surface area contributed by atoms with Gasteiger partial charge in [0.1, 0.15) is 17.6 Å². The highest BCUT2D eigenvalue weighted by Crippen LogP contribution is 2.36. The van der Waals surface area contributed by atoms with E-state index in [1.165, 1.54) is 4.52 Å². The first-order valence-corrected chi connectivity index (χ1v) is 11.3. The van der Waals surface area contributed by atoms with Gasteiger partial charge in [-0.3, -0.25) is 4.90 Å².